The molecule has 1 atom stereocenters. The third kappa shape index (κ3) is 2.72. The number of nitrogens with zero attached hydrogens (tertiary/aromatic N) is 2. The number of carbonyl (C=O) groups is 1. The predicted octanol–water partition coefficient (Wildman–Crippen LogP) is 0.814. The number of rotatable bonds is 4. The first-order valence-corrected chi connectivity index (χ1v) is 5.58. The quantitative estimate of drug-likeness (QED) is 0.832. The highest BCUT2D eigenvalue weighted by Gasteiger charge is 2.14. The molecule has 94 valence electrons. The molecule has 2 aromatic heterocycles. The molecule has 2 aromatic rings. The molecule has 0 radical (unpaired) electrons. The summed E-state index contributed by atoms with van der Waals surface area (Å²) in [5.74, 6) is 0.236. The highest BCUT2D eigenvalue weighted by Crippen LogP contribution is 2.18. The van der Waals surface area contributed by atoms with Crippen molar-refractivity contribution in [2.24, 2.45) is 5.73 Å². The van der Waals surface area contributed by atoms with Crippen molar-refractivity contribution >= 4 is 5.91 Å². The van der Waals surface area contributed by atoms with Gasteiger partial charge in [-0.1, -0.05) is 5.16 Å². The first-order chi connectivity index (χ1) is 8.70. The third-order valence-corrected chi connectivity index (χ3v) is 2.44. The average molecular weight is 246 g/mol. The van der Waals surface area contributed by atoms with Gasteiger partial charge in [0, 0.05) is 36.6 Å². The van der Waals surface area contributed by atoms with E-state index < -0.39 is 0 Å². The lowest BCUT2D eigenvalue weighted by atomic mass is 10.2. The Morgan fingerprint density at radius 1 is 1.50 bits per heavy atom. The van der Waals surface area contributed by atoms with Crippen molar-refractivity contribution in [2.75, 3.05) is 6.54 Å². The summed E-state index contributed by atoms with van der Waals surface area (Å²) in [6.45, 7) is 2.20. The molecule has 0 bridgehead atoms. The van der Waals surface area contributed by atoms with Gasteiger partial charge in [0.2, 0.25) is 0 Å². The van der Waals surface area contributed by atoms with E-state index in [1.807, 2.05) is 6.92 Å². The van der Waals surface area contributed by atoms with E-state index in [2.05, 4.69) is 15.5 Å². The lowest BCUT2D eigenvalue weighted by molar-refractivity contribution is 0.0932. The second kappa shape index (κ2) is 5.42. The molecule has 1 amide bonds. The lowest BCUT2D eigenvalue weighted by Gasteiger charge is -2.08. The Balaban J connectivity index is 2.13. The molecule has 0 spiro atoms. The predicted molar refractivity (Wildman–Crippen MR) is 65.7 cm³/mol. The van der Waals surface area contributed by atoms with Gasteiger partial charge >= 0.3 is 0 Å². The SMILES string of the molecule is C[C@@H](CN)NC(=O)c1cc(-c2ccncc2)on1. The maximum Gasteiger partial charge on any atom is 0.273 e. The Bertz CT molecular complexity index is 524. The van der Waals surface area contributed by atoms with Crippen molar-refractivity contribution < 1.29 is 9.32 Å². The van der Waals surface area contributed by atoms with Crippen LogP contribution in [0.2, 0.25) is 0 Å². The van der Waals surface area contributed by atoms with Crippen LogP contribution in [-0.2, 0) is 0 Å². The summed E-state index contributed by atoms with van der Waals surface area (Å²) >= 11 is 0. The maximum atomic E-state index is 11.8. The van der Waals surface area contributed by atoms with E-state index in [9.17, 15) is 4.79 Å². The summed E-state index contributed by atoms with van der Waals surface area (Å²) in [7, 11) is 0. The van der Waals surface area contributed by atoms with Gasteiger partial charge < -0.3 is 15.6 Å². The largest absolute Gasteiger partial charge is 0.355 e. The lowest BCUT2D eigenvalue weighted by Crippen LogP contribution is -2.37. The summed E-state index contributed by atoms with van der Waals surface area (Å²) < 4.78 is 5.12. The Morgan fingerprint density at radius 3 is 2.89 bits per heavy atom. The molecule has 6 heteroatoms. The number of nitrogens with one attached hydrogen (secondary N) is 1. The van der Waals surface area contributed by atoms with E-state index in [4.69, 9.17) is 10.3 Å². The molecule has 0 aliphatic heterocycles. The summed E-state index contributed by atoms with van der Waals surface area (Å²) in [6, 6.07) is 5.06. The van der Waals surface area contributed by atoms with Gasteiger partial charge in [-0.05, 0) is 19.1 Å². The summed E-state index contributed by atoms with van der Waals surface area (Å²) in [6.07, 6.45) is 3.29. The first kappa shape index (κ1) is 12.3. The molecule has 2 rings (SSSR count). The van der Waals surface area contributed by atoms with E-state index in [-0.39, 0.29) is 17.6 Å². The van der Waals surface area contributed by atoms with Crippen LogP contribution in [0.3, 0.4) is 0 Å². The van der Waals surface area contributed by atoms with Crippen LogP contribution in [-0.4, -0.2) is 28.6 Å². The standard InChI is InChI=1S/C12H14N4O2/c1-8(7-13)15-12(17)10-6-11(18-16-10)9-2-4-14-5-3-9/h2-6,8H,7,13H2,1H3,(H,15,17)/t8-/m0/s1. The Labute approximate surface area is 104 Å². The van der Waals surface area contributed by atoms with E-state index in [0.29, 0.717) is 12.3 Å². The minimum absolute atomic E-state index is 0.0985. The van der Waals surface area contributed by atoms with Crippen LogP contribution in [0.5, 0.6) is 0 Å². The fraction of sp³-hybridized carbons (Fsp3) is 0.250. The fourth-order valence-corrected chi connectivity index (χ4v) is 1.39. The second-order valence-electron chi connectivity index (χ2n) is 3.92. The minimum Gasteiger partial charge on any atom is -0.355 e. The molecule has 2 heterocycles. The van der Waals surface area contributed by atoms with Crippen LogP contribution in [0.15, 0.2) is 35.1 Å². The summed E-state index contributed by atoms with van der Waals surface area (Å²) in [5.41, 5.74) is 6.49. The first-order valence-electron chi connectivity index (χ1n) is 5.58. The topological polar surface area (TPSA) is 94.0 Å². The smallest absolute Gasteiger partial charge is 0.273 e. The highest BCUT2D eigenvalue weighted by atomic mass is 16.5. The molecule has 0 saturated heterocycles. The Kier molecular flexibility index (Phi) is 3.69. The number of hydrogen-bond acceptors (Lipinski definition) is 5. The highest BCUT2D eigenvalue weighted by molar-refractivity contribution is 5.93. The Hall–Kier alpha value is -2.21. The van der Waals surface area contributed by atoms with Gasteiger partial charge in [-0.25, -0.2) is 0 Å². The van der Waals surface area contributed by atoms with Gasteiger partial charge in [-0.2, -0.15) is 0 Å². The molecule has 0 aliphatic carbocycles. The summed E-state index contributed by atoms with van der Waals surface area (Å²) in [5, 5.41) is 6.44. The molecule has 0 aliphatic rings. The van der Waals surface area contributed by atoms with Crippen LogP contribution in [0.1, 0.15) is 17.4 Å². The second-order valence-corrected chi connectivity index (χ2v) is 3.92. The van der Waals surface area contributed by atoms with Crippen LogP contribution < -0.4 is 11.1 Å². The van der Waals surface area contributed by atoms with Gasteiger partial charge in [0.05, 0.1) is 0 Å². The molecular weight excluding hydrogens is 232 g/mol. The molecule has 6 nitrogen and oxygen atoms in total. The van der Waals surface area contributed by atoms with E-state index in [1.54, 1.807) is 30.6 Å². The van der Waals surface area contributed by atoms with E-state index >= 15 is 0 Å². The third-order valence-electron chi connectivity index (χ3n) is 2.44. The number of carbonyl (C=O) groups excluding carboxylic acids is 1. The van der Waals surface area contributed by atoms with Crippen molar-refractivity contribution in [1.82, 2.24) is 15.5 Å². The van der Waals surface area contributed by atoms with Gasteiger partial charge in [0.15, 0.2) is 11.5 Å². The molecule has 0 aromatic carbocycles. The average Bonchev–Trinajstić information content (AvgIpc) is 2.89. The number of hydrogen-bond donors (Lipinski definition) is 2. The zero-order valence-corrected chi connectivity index (χ0v) is 9.96. The molecule has 0 fully saturated rings. The van der Waals surface area contributed by atoms with Gasteiger partial charge in [0.25, 0.3) is 5.91 Å². The van der Waals surface area contributed by atoms with Crippen molar-refractivity contribution in [3.8, 4) is 11.3 Å². The zero-order chi connectivity index (χ0) is 13.0. The van der Waals surface area contributed by atoms with Crippen LogP contribution in [0.4, 0.5) is 0 Å². The van der Waals surface area contributed by atoms with Crippen molar-refractivity contribution in [1.29, 1.82) is 0 Å². The number of nitrogens with two attached hydrogens (primary N) is 1. The Morgan fingerprint density at radius 2 is 2.22 bits per heavy atom. The number of aromatic nitrogens is 2. The van der Waals surface area contributed by atoms with Gasteiger partial charge in [-0.3, -0.25) is 9.78 Å². The normalized spacial score (nSPS) is 12.1. The molecular formula is C12H14N4O2. The molecule has 3 N–H and O–H groups in total. The number of amides is 1. The van der Waals surface area contributed by atoms with Crippen molar-refractivity contribution in [2.45, 2.75) is 13.0 Å². The zero-order valence-electron chi connectivity index (χ0n) is 9.96. The minimum atomic E-state index is -0.294. The molecule has 0 unspecified atom stereocenters. The van der Waals surface area contributed by atoms with Crippen LogP contribution in [0.25, 0.3) is 11.3 Å². The van der Waals surface area contributed by atoms with E-state index in [1.165, 1.54) is 0 Å². The number of pyridine rings is 1. The van der Waals surface area contributed by atoms with Crippen LogP contribution in [0, 0.1) is 0 Å². The van der Waals surface area contributed by atoms with E-state index in [0.717, 1.165) is 5.56 Å². The monoisotopic (exact) mass is 246 g/mol. The van der Waals surface area contributed by atoms with Gasteiger partial charge in [0.1, 0.15) is 0 Å². The van der Waals surface area contributed by atoms with Crippen molar-refractivity contribution in [3.63, 3.8) is 0 Å². The van der Waals surface area contributed by atoms with Crippen LogP contribution >= 0.6 is 0 Å². The molecule has 0 saturated carbocycles. The van der Waals surface area contributed by atoms with Gasteiger partial charge in [-0.15, -0.1) is 0 Å². The van der Waals surface area contributed by atoms with Crippen molar-refractivity contribution in [3.05, 3.63) is 36.3 Å². The molecule has 18 heavy (non-hydrogen) atoms. The fourth-order valence-electron chi connectivity index (χ4n) is 1.39. The summed E-state index contributed by atoms with van der Waals surface area (Å²) in [4.78, 5) is 15.7. The maximum absolute atomic E-state index is 11.8.